The number of aryl methyl sites for hydroxylation is 1. The van der Waals surface area contributed by atoms with Gasteiger partial charge in [0, 0.05) is 41.2 Å². The summed E-state index contributed by atoms with van der Waals surface area (Å²) in [6, 6.07) is 17.7. The zero-order chi connectivity index (χ0) is 39.1. The quantitative estimate of drug-likeness (QED) is 0.164. The van der Waals surface area contributed by atoms with Gasteiger partial charge in [-0.15, -0.1) is 0 Å². The van der Waals surface area contributed by atoms with Gasteiger partial charge in [-0.1, -0.05) is 29.8 Å². The first kappa shape index (κ1) is 45.1. The monoisotopic (exact) mass is 779 g/mol. The lowest BCUT2D eigenvalue weighted by Gasteiger charge is -2.32. The van der Waals surface area contributed by atoms with Gasteiger partial charge < -0.3 is 33.9 Å². The zero-order valence-corrected chi connectivity index (χ0v) is 33.6. The molecule has 2 aliphatic rings. The number of ether oxygens (including phenoxy) is 4. The van der Waals surface area contributed by atoms with Gasteiger partial charge in [0.2, 0.25) is 11.8 Å². The van der Waals surface area contributed by atoms with Crippen LogP contribution in [-0.2, 0) is 36.7 Å². The summed E-state index contributed by atoms with van der Waals surface area (Å²) in [4.78, 5) is 29.1. The second-order valence-corrected chi connectivity index (χ2v) is 15.4. The molecule has 2 heterocycles. The molecule has 0 unspecified atom stereocenters. The molecule has 0 spiro atoms. The topological polar surface area (TPSA) is 141 Å². The van der Waals surface area contributed by atoms with Crippen molar-refractivity contribution < 1.29 is 46.2 Å². The van der Waals surface area contributed by atoms with E-state index in [0.29, 0.717) is 67.2 Å². The molecule has 12 nitrogen and oxygen atoms in total. The van der Waals surface area contributed by atoms with E-state index >= 15 is 0 Å². The lowest BCUT2D eigenvalue weighted by atomic mass is 9.93. The summed E-state index contributed by atoms with van der Waals surface area (Å²) in [6.07, 6.45) is 5.84. The number of rotatable bonds is 15. The molecule has 14 heteroatoms. The fraction of sp³-hybridized carbons (Fsp3) is 0.512. The molecule has 1 N–H and O–H groups in total. The van der Waals surface area contributed by atoms with Crippen LogP contribution in [0.5, 0.6) is 23.0 Å². The molecular formula is C41H56BN2O10S. The Morgan fingerprint density at radius 1 is 0.655 bits per heavy atom. The minimum atomic E-state index is -3.73. The third kappa shape index (κ3) is 13.5. The lowest BCUT2D eigenvalue weighted by molar-refractivity contribution is -0.132. The molecule has 5 rings (SSSR count). The highest BCUT2D eigenvalue weighted by atomic mass is 32.2. The zero-order valence-electron chi connectivity index (χ0n) is 32.8. The van der Waals surface area contributed by atoms with Crippen LogP contribution in [0.4, 0.5) is 0 Å². The Bertz CT molecular complexity index is 1760. The molecular weight excluding hydrogens is 723 g/mol. The maximum Gasteiger partial charge on any atom is 0.296 e. The van der Waals surface area contributed by atoms with Crippen LogP contribution in [0, 0.1) is 18.8 Å². The van der Waals surface area contributed by atoms with Crippen molar-refractivity contribution in [2.24, 2.45) is 11.8 Å². The Kier molecular flexibility index (Phi) is 18.3. The van der Waals surface area contributed by atoms with Crippen molar-refractivity contribution in [2.75, 3.05) is 67.8 Å². The van der Waals surface area contributed by atoms with Gasteiger partial charge in [0.1, 0.15) is 0 Å². The molecule has 2 saturated heterocycles. The fourth-order valence-electron chi connectivity index (χ4n) is 6.78. The van der Waals surface area contributed by atoms with Crippen molar-refractivity contribution in [3.8, 4) is 23.0 Å². The number of piperidine rings is 2. The summed E-state index contributed by atoms with van der Waals surface area (Å²) in [5, 5.41) is 8.98. The van der Waals surface area contributed by atoms with Crippen molar-refractivity contribution in [3.63, 3.8) is 0 Å². The Morgan fingerprint density at radius 2 is 1.07 bits per heavy atom. The highest BCUT2D eigenvalue weighted by Crippen LogP contribution is 2.30. The van der Waals surface area contributed by atoms with E-state index in [-0.39, 0.29) is 38.3 Å². The summed E-state index contributed by atoms with van der Waals surface area (Å²) < 4.78 is 50.8. The fourth-order valence-corrected chi connectivity index (χ4v) is 7.70. The molecule has 2 fully saturated rings. The predicted molar refractivity (Wildman–Crippen MR) is 211 cm³/mol. The van der Waals surface area contributed by atoms with Gasteiger partial charge in [-0.2, -0.15) is 8.42 Å². The second kappa shape index (κ2) is 22.3. The molecule has 0 atom stereocenters. The molecule has 3 radical (unpaired) electrons. The number of methoxy groups -OCH3 is 4. The van der Waals surface area contributed by atoms with E-state index < -0.39 is 10.1 Å². The van der Waals surface area contributed by atoms with Crippen LogP contribution in [0.1, 0.15) is 55.2 Å². The average Bonchev–Trinajstić information content (AvgIpc) is 3.18. The normalized spacial score (nSPS) is 14.9. The minimum absolute atomic E-state index is 0. The smallest absolute Gasteiger partial charge is 0.296 e. The number of nitrogens with zero attached hydrogens (tertiary/aromatic N) is 2. The summed E-state index contributed by atoms with van der Waals surface area (Å²) in [6.45, 7) is 5.21. The van der Waals surface area contributed by atoms with Crippen LogP contribution in [0.3, 0.4) is 0 Å². The third-order valence-corrected chi connectivity index (χ3v) is 11.5. The Balaban J connectivity index is 0.000000310. The Labute approximate surface area is 328 Å². The highest BCUT2D eigenvalue weighted by molar-refractivity contribution is 7.86. The third-order valence-electron chi connectivity index (χ3n) is 10.2. The van der Waals surface area contributed by atoms with Crippen LogP contribution in [0.2, 0.25) is 0 Å². The summed E-state index contributed by atoms with van der Waals surface area (Å²) in [5.74, 6) is 3.68. The van der Waals surface area contributed by atoms with E-state index in [0.717, 1.165) is 61.9 Å². The van der Waals surface area contributed by atoms with Gasteiger partial charge >= 0.3 is 0 Å². The molecule has 3 aromatic carbocycles. The number of hydrogen-bond donors (Lipinski definition) is 1. The van der Waals surface area contributed by atoms with Crippen LogP contribution in [-0.4, -0.2) is 111 Å². The largest absolute Gasteiger partial charge is 0.493 e. The van der Waals surface area contributed by atoms with E-state index in [1.807, 2.05) is 47.1 Å². The van der Waals surface area contributed by atoms with Gasteiger partial charge in [0.25, 0.3) is 10.1 Å². The molecule has 299 valence electrons. The molecule has 0 saturated carbocycles. The van der Waals surface area contributed by atoms with E-state index in [9.17, 15) is 18.0 Å². The second-order valence-electron chi connectivity index (χ2n) is 13.8. The number of hydrogen-bond acceptors (Lipinski definition) is 10. The summed E-state index contributed by atoms with van der Waals surface area (Å²) in [5.41, 5.74) is 2.81. The van der Waals surface area contributed by atoms with Gasteiger partial charge in [0.05, 0.1) is 52.8 Å². The number of aliphatic hydroxyl groups is 1. The first-order valence-electron chi connectivity index (χ1n) is 18.5. The van der Waals surface area contributed by atoms with Crippen molar-refractivity contribution in [2.45, 2.75) is 63.2 Å². The van der Waals surface area contributed by atoms with Gasteiger partial charge in [-0.05, 0) is 105 Å². The maximum absolute atomic E-state index is 12.7. The number of carbonyl (C=O) groups excluding carboxylic acids is 2. The first-order valence-corrected chi connectivity index (χ1v) is 19.9. The van der Waals surface area contributed by atoms with Crippen molar-refractivity contribution in [1.29, 1.82) is 0 Å². The molecule has 2 amide bonds. The van der Waals surface area contributed by atoms with Crippen molar-refractivity contribution >= 4 is 30.3 Å². The van der Waals surface area contributed by atoms with Gasteiger partial charge in [0.15, 0.2) is 23.0 Å². The van der Waals surface area contributed by atoms with Crippen molar-refractivity contribution in [3.05, 3.63) is 77.4 Å². The van der Waals surface area contributed by atoms with Crippen LogP contribution < -0.4 is 18.9 Å². The first-order chi connectivity index (χ1) is 26.0. The molecule has 0 aromatic heterocycles. The standard InChI is InChI=1S/C24H31NO6S.C17H25NO4.B/c1-18-4-7-21(8-5-18)32(27,28)31-15-12-19-10-13-25(14-11-19)24(26)17-20-6-9-22(29-2)23(16-20)30-3;1-21-15-4-3-14(11-16(15)22-2)12-17(20)18-8-5-13(6-9-18)7-10-19;/h4-9,16,19H,10-15,17H2,1-3H3;3-4,11,13,19H,5-10,12H2,1-2H3;. The highest BCUT2D eigenvalue weighted by Gasteiger charge is 2.25. The summed E-state index contributed by atoms with van der Waals surface area (Å²) in [7, 11) is 2.61. The summed E-state index contributed by atoms with van der Waals surface area (Å²) >= 11 is 0. The van der Waals surface area contributed by atoms with E-state index in [1.54, 1.807) is 58.8 Å². The van der Waals surface area contributed by atoms with Crippen LogP contribution >= 0.6 is 0 Å². The number of likely N-dealkylation sites (tertiary alicyclic amines) is 2. The number of carbonyl (C=O) groups is 2. The van der Waals surface area contributed by atoms with E-state index in [1.165, 1.54) is 0 Å². The van der Waals surface area contributed by atoms with Gasteiger partial charge in [-0.3, -0.25) is 13.8 Å². The predicted octanol–water partition coefficient (Wildman–Crippen LogP) is 5.08. The van der Waals surface area contributed by atoms with E-state index in [4.69, 9.17) is 28.2 Å². The molecule has 0 aliphatic carbocycles. The number of benzene rings is 3. The minimum Gasteiger partial charge on any atom is -0.493 e. The van der Waals surface area contributed by atoms with Crippen molar-refractivity contribution in [1.82, 2.24) is 9.80 Å². The Hall–Kier alpha value is -4.27. The molecule has 2 aliphatic heterocycles. The Morgan fingerprint density at radius 3 is 1.47 bits per heavy atom. The van der Waals surface area contributed by atoms with Crippen LogP contribution in [0.25, 0.3) is 0 Å². The lowest BCUT2D eigenvalue weighted by Crippen LogP contribution is -2.39. The SMILES string of the molecule is COc1ccc(CC(=O)N2CCC(CCO)CC2)cc1OC.COc1ccc(CC(=O)N2CCC(CCOS(=O)(=O)c3ccc(C)cc3)CC2)cc1OC.[B]. The van der Waals surface area contributed by atoms with E-state index in [2.05, 4.69) is 0 Å². The number of aliphatic hydroxyl groups excluding tert-OH is 1. The van der Waals surface area contributed by atoms with Gasteiger partial charge in [-0.25, -0.2) is 0 Å². The number of amides is 2. The van der Waals surface area contributed by atoms with Crippen LogP contribution in [0.15, 0.2) is 65.6 Å². The molecule has 0 bridgehead atoms. The maximum atomic E-state index is 12.7. The average molecular weight is 780 g/mol. The molecule has 3 aromatic rings. The molecule has 55 heavy (non-hydrogen) atoms.